The third kappa shape index (κ3) is 2.69. The first-order valence-electron chi connectivity index (χ1n) is 8.27. The molecule has 3 nitrogen and oxygen atoms in total. The van der Waals surface area contributed by atoms with Crippen molar-refractivity contribution >= 4 is 16.5 Å². The molecule has 1 aromatic heterocycles. The number of alkyl halides is 3. The molecule has 2 aromatic rings. The Kier molecular flexibility index (Phi) is 3.42. The summed E-state index contributed by atoms with van der Waals surface area (Å²) in [5, 5.41) is 0.422. The van der Waals surface area contributed by atoms with E-state index in [1.807, 2.05) is 0 Å². The summed E-state index contributed by atoms with van der Waals surface area (Å²) in [5.41, 5.74) is 6.09. The van der Waals surface area contributed by atoms with Crippen LogP contribution >= 0.6 is 11.3 Å². The van der Waals surface area contributed by atoms with Crippen LogP contribution in [0.15, 0.2) is 18.2 Å². The van der Waals surface area contributed by atoms with Crippen molar-refractivity contribution in [1.29, 1.82) is 0 Å². The van der Waals surface area contributed by atoms with E-state index < -0.39 is 17.3 Å². The third-order valence-corrected chi connectivity index (χ3v) is 6.41. The van der Waals surface area contributed by atoms with Gasteiger partial charge >= 0.3 is 6.18 Å². The van der Waals surface area contributed by atoms with Crippen LogP contribution in [0.3, 0.4) is 0 Å². The number of rotatable bonds is 0. The molecule has 0 bridgehead atoms. The zero-order valence-corrected chi connectivity index (χ0v) is 14.9. The normalized spacial score (nSPS) is 20.7. The number of ether oxygens (including phenoxy) is 1. The topological polar surface area (TPSA) is 48.1 Å². The number of halogens is 3. The van der Waals surface area contributed by atoms with Crippen LogP contribution in [0.1, 0.15) is 50.0 Å². The summed E-state index contributed by atoms with van der Waals surface area (Å²) in [5.74, 6) is 0.257. The number of thiazole rings is 1. The molecule has 0 atom stereocenters. The SMILES string of the molecule is CC1(C)CCC2(CC1)Oc1cc(C(F)(F)F)ccc1-c1nc(N)sc12. The number of anilines is 1. The quantitative estimate of drug-likeness (QED) is 0.658. The molecule has 4 rings (SSSR count). The molecule has 0 unspecified atom stereocenters. The van der Waals surface area contributed by atoms with E-state index in [4.69, 9.17) is 10.5 Å². The van der Waals surface area contributed by atoms with Gasteiger partial charge in [0.05, 0.1) is 16.1 Å². The second kappa shape index (κ2) is 5.13. The van der Waals surface area contributed by atoms with Gasteiger partial charge in [-0.2, -0.15) is 13.2 Å². The van der Waals surface area contributed by atoms with E-state index in [-0.39, 0.29) is 11.2 Å². The lowest BCUT2D eigenvalue weighted by Gasteiger charge is -2.45. The molecule has 2 N–H and O–H groups in total. The van der Waals surface area contributed by atoms with Gasteiger partial charge in [0.15, 0.2) is 5.13 Å². The first kappa shape index (κ1) is 16.7. The Morgan fingerprint density at radius 1 is 1.16 bits per heavy atom. The number of nitrogens with zero attached hydrogens (tertiary/aromatic N) is 1. The van der Waals surface area contributed by atoms with Gasteiger partial charge in [-0.05, 0) is 49.3 Å². The Morgan fingerprint density at radius 2 is 1.84 bits per heavy atom. The summed E-state index contributed by atoms with van der Waals surface area (Å²) in [7, 11) is 0. The summed E-state index contributed by atoms with van der Waals surface area (Å²) in [6, 6.07) is 3.61. The van der Waals surface area contributed by atoms with Crippen LogP contribution in [0.2, 0.25) is 0 Å². The minimum Gasteiger partial charge on any atom is -0.481 e. The Balaban J connectivity index is 1.84. The predicted molar refractivity (Wildman–Crippen MR) is 91.5 cm³/mol. The summed E-state index contributed by atoms with van der Waals surface area (Å²) in [6.45, 7) is 4.42. The lowest BCUT2D eigenvalue weighted by atomic mass is 9.69. The fourth-order valence-corrected chi connectivity index (χ4v) is 4.75. The average Bonchev–Trinajstić information content (AvgIpc) is 2.92. The summed E-state index contributed by atoms with van der Waals surface area (Å²) < 4.78 is 45.6. The number of aromatic nitrogens is 1. The highest BCUT2D eigenvalue weighted by Gasteiger charge is 2.48. The van der Waals surface area contributed by atoms with Gasteiger partial charge in [0, 0.05) is 5.56 Å². The molecule has 7 heteroatoms. The van der Waals surface area contributed by atoms with E-state index in [0.29, 0.717) is 16.4 Å². The number of nitrogen functional groups attached to an aromatic ring is 1. The van der Waals surface area contributed by atoms with Crippen molar-refractivity contribution in [1.82, 2.24) is 4.98 Å². The molecule has 0 saturated heterocycles. The molecule has 1 aromatic carbocycles. The van der Waals surface area contributed by atoms with Gasteiger partial charge in [0.25, 0.3) is 0 Å². The first-order valence-corrected chi connectivity index (χ1v) is 9.09. The zero-order chi connectivity index (χ0) is 18.0. The Hall–Kier alpha value is -1.76. The van der Waals surface area contributed by atoms with Crippen LogP contribution in [-0.4, -0.2) is 4.98 Å². The van der Waals surface area contributed by atoms with Crippen LogP contribution in [0.4, 0.5) is 18.3 Å². The zero-order valence-electron chi connectivity index (χ0n) is 14.0. The number of benzene rings is 1. The predicted octanol–water partition coefficient (Wildman–Crippen LogP) is 5.60. The van der Waals surface area contributed by atoms with Crippen molar-refractivity contribution in [2.75, 3.05) is 5.73 Å². The third-order valence-electron chi connectivity index (χ3n) is 5.34. The molecule has 2 aliphatic rings. The molecule has 0 amide bonds. The molecule has 1 fully saturated rings. The van der Waals surface area contributed by atoms with Gasteiger partial charge in [-0.25, -0.2) is 4.98 Å². The van der Waals surface area contributed by atoms with Gasteiger partial charge < -0.3 is 10.5 Å². The van der Waals surface area contributed by atoms with Gasteiger partial charge in [-0.3, -0.25) is 0 Å². The minimum atomic E-state index is -4.40. The standard InChI is InChI=1S/C18H19F3N2OS/c1-16(2)5-7-17(8-6-16)14-13(23-15(22)25-14)11-4-3-10(18(19,20)21)9-12(11)24-17/h3-4,9H,5-8H2,1-2H3,(H2,22,23). The van der Waals surface area contributed by atoms with Crippen LogP contribution in [0, 0.1) is 5.41 Å². The molecule has 0 radical (unpaired) electrons. The molecule has 1 saturated carbocycles. The van der Waals surface area contributed by atoms with Crippen molar-refractivity contribution in [3.05, 3.63) is 28.6 Å². The monoisotopic (exact) mass is 368 g/mol. The van der Waals surface area contributed by atoms with Crippen LogP contribution in [-0.2, 0) is 11.8 Å². The molecule has 134 valence electrons. The van der Waals surface area contributed by atoms with Crippen molar-refractivity contribution in [2.45, 2.75) is 51.3 Å². The molecule has 1 spiro atoms. The lowest BCUT2D eigenvalue weighted by Crippen LogP contribution is -2.41. The van der Waals surface area contributed by atoms with E-state index in [1.54, 1.807) is 0 Å². The van der Waals surface area contributed by atoms with E-state index in [9.17, 15) is 13.2 Å². The smallest absolute Gasteiger partial charge is 0.416 e. The van der Waals surface area contributed by atoms with Crippen molar-refractivity contribution in [3.8, 4) is 17.0 Å². The van der Waals surface area contributed by atoms with E-state index >= 15 is 0 Å². The molecule has 25 heavy (non-hydrogen) atoms. The molecular weight excluding hydrogens is 349 g/mol. The van der Waals surface area contributed by atoms with Crippen molar-refractivity contribution < 1.29 is 17.9 Å². The molecule has 1 aliphatic heterocycles. The number of hydrogen-bond donors (Lipinski definition) is 1. The average molecular weight is 368 g/mol. The second-order valence-electron chi connectivity index (χ2n) is 7.70. The van der Waals surface area contributed by atoms with Crippen molar-refractivity contribution in [2.24, 2.45) is 5.41 Å². The summed E-state index contributed by atoms with van der Waals surface area (Å²) >= 11 is 1.39. The summed E-state index contributed by atoms with van der Waals surface area (Å²) in [4.78, 5) is 5.36. The van der Waals surface area contributed by atoms with Gasteiger partial charge in [-0.15, -0.1) is 0 Å². The fraction of sp³-hybridized carbons (Fsp3) is 0.500. The first-order chi connectivity index (χ1) is 11.6. The van der Waals surface area contributed by atoms with E-state index in [1.165, 1.54) is 17.4 Å². The number of hydrogen-bond acceptors (Lipinski definition) is 4. The Morgan fingerprint density at radius 3 is 2.48 bits per heavy atom. The van der Waals surface area contributed by atoms with Crippen LogP contribution in [0.5, 0.6) is 5.75 Å². The Bertz CT molecular complexity index is 831. The Labute approximate surface area is 148 Å². The van der Waals surface area contributed by atoms with Crippen LogP contribution in [0.25, 0.3) is 11.3 Å². The van der Waals surface area contributed by atoms with Crippen LogP contribution < -0.4 is 10.5 Å². The summed E-state index contributed by atoms with van der Waals surface area (Å²) in [6.07, 6.45) is -1.01. The molecule has 2 heterocycles. The van der Waals surface area contributed by atoms with Crippen molar-refractivity contribution in [3.63, 3.8) is 0 Å². The minimum absolute atomic E-state index is 0.207. The highest BCUT2D eigenvalue weighted by atomic mass is 32.1. The number of fused-ring (bicyclic) bond motifs is 4. The van der Waals surface area contributed by atoms with E-state index in [2.05, 4.69) is 18.8 Å². The second-order valence-corrected chi connectivity index (χ2v) is 8.73. The van der Waals surface area contributed by atoms with Gasteiger partial charge in [0.2, 0.25) is 0 Å². The number of nitrogens with two attached hydrogens (primary N) is 1. The maximum atomic E-state index is 13.1. The highest BCUT2D eigenvalue weighted by molar-refractivity contribution is 7.16. The molecular formula is C18H19F3N2OS. The maximum absolute atomic E-state index is 13.1. The van der Waals surface area contributed by atoms with Gasteiger partial charge in [-0.1, -0.05) is 25.2 Å². The maximum Gasteiger partial charge on any atom is 0.416 e. The highest BCUT2D eigenvalue weighted by Crippen LogP contribution is 2.56. The molecule has 1 aliphatic carbocycles. The fourth-order valence-electron chi connectivity index (χ4n) is 3.72. The van der Waals surface area contributed by atoms with E-state index in [0.717, 1.165) is 42.7 Å². The largest absolute Gasteiger partial charge is 0.481 e. The van der Waals surface area contributed by atoms with Gasteiger partial charge in [0.1, 0.15) is 11.4 Å². The lowest BCUT2D eigenvalue weighted by molar-refractivity contribution is -0.137.